The van der Waals surface area contributed by atoms with Crippen molar-refractivity contribution >= 4 is 5.91 Å². The lowest BCUT2D eigenvalue weighted by molar-refractivity contribution is -0.122. The summed E-state index contributed by atoms with van der Waals surface area (Å²) in [4.78, 5) is 12.2. The zero-order chi connectivity index (χ0) is 18.6. The fourth-order valence-electron chi connectivity index (χ4n) is 2.48. The van der Waals surface area contributed by atoms with Crippen molar-refractivity contribution in [3.63, 3.8) is 0 Å². The summed E-state index contributed by atoms with van der Waals surface area (Å²) in [6.45, 7) is 3.75. The minimum absolute atomic E-state index is 0.102. The lowest BCUT2D eigenvalue weighted by atomic mass is 9.95. The third-order valence-corrected chi connectivity index (χ3v) is 3.64. The number of hydrogen-bond donors (Lipinski definition) is 2. The van der Waals surface area contributed by atoms with Crippen LogP contribution >= 0.6 is 0 Å². The first kappa shape index (κ1) is 18.4. The first-order valence-corrected chi connectivity index (χ1v) is 7.79. The molecule has 1 amide bonds. The zero-order valence-corrected chi connectivity index (χ0v) is 13.9. The van der Waals surface area contributed by atoms with Gasteiger partial charge in [-0.25, -0.2) is 8.78 Å². The molecule has 25 heavy (non-hydrogen) atoms. The topological polar surface area (TPSA) is 73.1 Å². The highest BCUT2D eigenvalue weighted by atomic mass is 19.2. The van der Waals surface area contributed by atoms with E-state index in [4.69, 9.17) is 5.26 Å². The van der Waals surface area contributed by atoms with Gasteiger partial charge in [0.1, 0.15) is 5.75 Å². The van der Waals surface area contributed by atoms with Crippen LogP contribution in [0, 0.1) is 28.9 Å². The van der Waals surface area contributed by atoms with E-state index in [-0.39, 0.29) is 40.7 Å². The van der Waals surface area contributed by atoms with Crippen LogP contribution in [-0.2, 0) is 4.79 Å². The van der Waals surface area contributed by atoms with Gasteiger partial charge >= 0.3 is 0 Å². The van der Waals surface area contributed by atoms with Gasteiger partial charge in [0.2, 0.25) is 5.91 Å². The van der Waals surface area contributed by atoms with Crippen LogP contribution in [0.25, 0.3) is 0 Å². The van der Waals surface area contributed by atoms with E-state index in [1.54, 1.807) is 0 Å². The Kier molecular flexibility index (Phi) is 5.71. The van der Waals surface area contributed by atoms with Gasteiger partial charge in [-0.2, -0.15) is 5.26 Å². The molecular formula is C19H18F2N2O2. The number of aromatic hydroxyl groups is 1. The number of carbonyl (C=O) groups excluding carboxylic acids is 1. The number of nitrogens with zero attached hydrogens (tertiary/aromatic N) is 1. The van der Waals surface area contributed by atoms with Crippen LogP contribution in [0.2, 0.25) is 0 Å². The van der Waals surface area contributed by atoms with Gasteiger partial charge in [0.25, 0.3) is 0 Å². The second-order valence-electron chi connectivity index (χ2n) is 6.16. The molecule has 6 heteroatoms. The fraction of sp³-hybridized carbons (Fsp3) is 0.263. The highest BCUT2D eigenvalue weighted by molar-refractivity contribution is 5.77. The van der Waals surface area contributed by atoms with Crippen molar-refractivity contribution in [1.29, 1.82) is 5.26 Å². The quantitative estimate of drug-likeness (QED) is 0.867. The molecule has 2 rings (SSSR count). The number of carbonyl (C=O) groups is 1. The number of halogens is 2. The van der Waals surface area contributed by atoms with Crippen LogP contribution in [0.1, 0.15) is 43.0 Å². The van der Waals surface area contributed by atoms with E-state index in [1.165, 1.54) is 24.3 Å². The van der Waals surface area contributed by atoms with Crippen molar-refractivity contribution in [1.82, 2.24) is 5.32 Å². The molecule has 2 aromatic rings. The number of nitrogens with one attached hydrogen (secondary N) is 1. The maximum absolute atomic E-state index is 13.6. The lowest BCUT2D eigenvalue weighted by Crippen LogP contribution is -2.30. The number of nitriles is 1. The van der Waals surface area contributed by atoms with E-state index >= 15 is 0 Å². The van der Waals surface area contributed by atoms with E-state index in [0.717, 1.165) is 12.1 Å². The molecule has 0 aliphatic rings. The van der Waals surface area contributed by atoms with Crippen LogP contribution in [0.4, 0.5) is 8.78 Å². The average Bonchev–Trinajstić information content (AvgIpc) is 2.55. The number of amides is 1. The van der Waals surface area contributed by atoms with Gasteiger partial charge in [-0.15, -0.1) is 0 Å². The zero-order valence-electron chi connectivity index (χ0n) is 13.9. The van der Waals surface area contributed by atoms with Crippen molar-refractivity contribution in [2.75, 3.05) is 0 Å². The number of benzene rings is 2. The van der Waals surface area contributed by atoms with Crippen LogP contribution in [0.15, 0.2) is 36.4 Å². The standard InChI is InChI=1S/C19H18F2N2O2/c1-11(2)7-18(25)23-19(13-4-5-15(20)16(21)9-13)14-8-12(10-22)3-6-17(14)24/h3-6,8-9,11,19,24H,7H2,1-2H3,(H,23,25). The SMILES string of the molecule is CC(C)CC(=O)NC(c1ccc(F)c(F)c1)c1cc(C#N)ccc1O. The largest absolute Gasteiger partial charge is 0.508 e. The summed E-state index contributed by atoms with van der Waals surface area (Å²) in [5.41, 5.74) is 0.780. The highest BCUT2D eigenvalue weighted by Gasteiger charge is 2.22. The first-order valence-electron chi connectivity index (χ1n) is 7.79. The van der Waals surface area contributed by atoms with Gasteiger partial charge < -0.3 is 10.4 Å². The molecular weight excluding hydrogens is 326 g/mol. The predicted octanol–water partition coefficient (Wildman–Crippen LogP) is 3.79. The molecule has 0 bridgehead atoms. The molecule has 0 radical (unpaired) electrons. The Morgan fingerprint density at radius 2 is 1.92 bits per heavy atom. The molecule has 4 nitrogen and oxygen atoms in total. The molecule has 1 unspecified atom stereocenters. The van der Waals surface area contributed by atoms with Crippen LogP contribution in [-0.4, -0.2) is 11.0 Å². The molecule has 1 atom stereocenters. The number of phenolic OH excluding ortho intramolecular Hbond substituents is 1. The maximum Gasteiger partial charge on any atom is 0.221 e. The summed E-state index contributed by atoms with van der Waals surface area (Å²) >= 11 is 0. The van der Waals surface area contributed by atoms with Gasteiger partial charge in [0.05, 0.1) is 17.7 Å². The third kappa shape index (κ3) is 4.54. The summed E-state index contributed by atoms with van der Waals surface area (Å²) in [5.74, 6) is -2.42. The molecule has 0 spiro atoms. The predicted molar refractivity (Wildman–Crippen MR) is 88.6 cm³/mol. The molecule has 0 aliphatic carbocycles. The smallest absolute Gasteiger partial charge is 0.221 e. The van der Waals surface area contributed by atoms with Crippen LogP contribution in [0.5, 0.6) is 5.75 Å². The molecule has 0 saturated heterocycles. The summed E-state index contributed by atoms with van der Waals surface area (Å²) in [6.07, 6.45) is 0.235. The third-order valence-electron chi connectivity index (χ3n) is 3.64. The molecule has 0 aliphatic heterocycles. The Labute approximate surface area is 144 Å². The first-order chi connectivity index (χ1) is 11.8. The molecule has 0 saturated carbocycles. The Balaban J connectivity index is 2.50. The fourth-order valence-corrected chi connectivity index (χ4v) is 2.48. The minimum Gasteiger partial charge on any atom is -0.508 e. The van der Waals surface area contributed by atoms with E-state index < -0.39 is 17.7 Å². The van der Waals surface area contributed by atoms with Crippen molar-refractivity contribution < 1.29 is 18.7 Å². The normalized spacial score (nSPS) is 11.8. The number of phenols is 1. The summed E-state index contributed by atoms with van der Waals surface area (Å²) in [5, 5.41) is 21.9. The van der Waals surface area contributed by atoms with E-state index in [0.29, 0.717) is 0 Å². The van der Waals surface area contributed by atoms with Crippen LogP contribution < -0.4 is 5.32 Å². The maximum atomic E-state index is 13.6. The van der Waals surface area contributed by atoms with Crippen molar-refractivity contribution in [2.45, 2.75) is 26.3 Å². The summed E-state index contributed by atoms with van der Waals surface area (Å²) < 4.78 is 26.9. The van der Waals surface area contributed by atoms with E-state index in [2.05, 4.69) is 5.32 Å². The Morgan fingerprint density at radius 3 is 2.52 bits per heavy atom. The van der Waals surface area contributed by atoms with Crippen LogP contribution in [0.3, 0.4) is 0 Å². The Bertz CT molecular complexity index is 829. The van der Waals surface area contributed by atoms with Gasteiger partial charge in [-0.1, -0.05) is 19.9 Å². The molecule has 0 heterocycles. The highest BCUT2D eigenvalue weighted by Crippen LogP contribution is 2.31. The molecule has 2 aromatic carbocycles. The van der Waals surface area contributed by atoms with Gasteiger partial charge in [-0.3, -0.25) is 4.79 Å². The van der Waals surface area contributed by atoms with Crippen molar-refractivity contribution in [3.8, 4) is 11.8 Å². The Hall–Kier alpha value is -2.94. The number of hydrogen-bond acceptors (Lipinski definition) is 3. The lowest BCUT2D eigenvalue weighted by Gasteiger charge is -2.22. The second-order valence-corrected chi connectivity index (χ2v) is 6.16. The average molecular weight is 344 g/mol. The second kappa shape index (κ2) is 7.75. The molecule has 2 N–H and O–H groups in total. The van der Waals surface area contributed by atoms with Gasteiger partial charge in [0.15, 0.2) is 11.6 Å². The van der Waals surface area contributed by atoms with E-state index in [9.17, 15) is 18.7 Å². The van der Waals surface area contributed by atoms with Gasteiger partial charge in [-0.05, 0) is 41.8 Å². The number of rotatable bonds is 5. The minimum atomic E-state index is -1.06. The molecule has 130 valence electrons. The Morgan fingerprint density at radius 1 is 1.20 bits per heavy atom. The van der Waals surface area contributed by atoms with E-state index in [1.807, 2.05) is 19.9 Å². The van der Waals surface area contributed by atoms with Crippen molar-refractivity contribution in [2.24, 2.45) is 5.92 Å². The van der Waals surface area contributed by atoms with Crippen molar-refractivity contribution in [3.05, 3.63) is 64.7 Å². The summed E-state index contributed by atoms with van der Waals surface area (Å²) in [7, 11) is 0. The monoisotopic (exact) mass is 344 g/mol. The van der Waals surface area contributed by atoms with Gasteiger partial charge in [0, 0.05) is 12.0 Å². The molecule has 0 aromatic heterocycles. The summed E-state index contributed by atoms with van der Waals surface area (Å²) in [6, 6.07) is 8.46. The molecule has 0 fully saturated rings.